The van der Waals surface area contributed by atoms with Crippen LogP contribution in [0.3, 0.4) is 0 Å². The van der Waals surface area contributed by atoms with Crippen molar-refractivity contribution in [2.75, 3.05) is 40.1 Å². The first kappa shape index (κ1) is 43.9. The summed E-state index contributed by atoms with van der Waals surface area (Å²) < 4.78 is 30.8. The van der Waals surface area contributed by atoms with Gasteiger partial charge in [-0.1, -0.05) is 37.4 Å². The number of carbonyl (C=O) groups excluding carboxylic acids is 4. The maximum absolute atomic E-state index is 11.3. The topological polar surface area (TPSA) is 124 Å². The molecule has 0 atom stereocenters. The molecule has 0 unspecified atom stereocenters. The van der Waals surface area contributed by atoms with Crippen LogP contribution in [0.4, 0.5) is 0 Å². The average Bonchev–Trinajstić information content (AvgIpc) is 3.12. The largest absolute Gasteiger partial charge is 0.494 e. The van der Waals surface area contributed by atoms with Gasteiger partial charge in [0.15, 0.2) is 0 Å². The van der Waals surface area contributed by atoms with Crippen LogP contribution in [0.2, 0.25) is 0 Å². The van der Waals surface area contributed by atoms with Crippen molar-refractivity contribution in [2.45, 2.75) is 72.1 Å². The smallest absolute Gasteiger partial charge is 0.333 e. The molecule has 0 bridgehead atoms. The molecule has 0 aliphatic heterocycles. The fourth-order valence-electron chi connectivity index (χ4n) is 4.01. The van der Waals surface area contributed by atoms with Gasteiger partial charge in [0.25, 0.3) is 0 Å². The fraction of sp³-hybridized carbons (Fsp3) is 0.415. The Bertz CT molecular complexity index is 1400. The zero-order valence-corrected chi connectivity index (χ0v) is 30.6. The Hall–Kier alpha value is -5.12. The molecule has 0 saturated heterocycles. The molecule has 0 heterocycles. The Balaban J connectivity index is 0.000000510. The Morgan fingerprint density at radius 2 is 0.922 bits per heavy atom. The molecule has 10 heteroatoms. The molecule has 2 aromatic rings. The Kier molecular flexibility index (Phi) is 23.8. The number of benzene rings is 2. The average molecular weight is 707 g/mol. The maximum atomic E-state index is 11.3. The first-order chi connectivity index (χ1) is 24.5. The number of methoxy groups -OCH3 is 1. The molecular weight excluding hydrogens is 652 g/mol. The second-order valence-corrected chi connectivity index (χ2v) is 11.4. The summed E-state index contributed by atoms with van der Waals surface area (Å²) in [5.41, 5.74) is 2.68. The van der Waals surface area contributed by atoms with Crippen LogP contribution < -0.4 is 9.47 Å². The second-order valence-electron chi connectivity index (χ2n) is 11.4. The highest BCUT2D eigenvalue weighted by Gasteiger charge is 2.03. The zero-order chi connectivity index (χ0) is 37.7. The van der Waals surface area contributed by atoms with Crippen molar-refractivity contribution >= 4 is 36.0 Å². The van der Waals surface area contributed by atoms with Crippen LogP contribution in [0.25, 0.3) is 12.2 Å². The number of rotatable bonds is 23. The molecule has 0 aromatic heterocycles. The molecule has 0 aliphatic rings. The number of hydrogen-bond donors (Lipinski definition) is 0. The summed E-state index contributed by atoms with van der Waals surface area (Å²) in [5.74, 6) is 0.221. The van der Waals surface area contributed by atoms with Crippen LogP contribution in [0, 0.1) is 0 Å². The van der Waals surface area contributed by atoms with Gasteiger partial charge in [-0.2, -0.15) is 0 Å². The molecular formula is C41H54O10. The number of esters is 4. The van der Waals surface area contributed by atoms with Crippen molar-refractivity contribution in [1.82, 2.24) is 0 Å². The molecule has 0 N–H and O–H groups in total. The van der Waals surface area contributed by atoms with Crippen molar-refractivity contribution in [3.8, 4) is 11.5 Å². The van der Waals surface area contributed by atoms with Crippen LogP contribution >= 0.6 is 0 Å². The summed E-state index contributed by atoms with van der Waals surface area (Å²) in [6.07, 6.45) is 13.8. The Labute approximate surface area is 303 Å². The van der Waals surface area contributed by atoms with Crippen molar-refractivity contribution in [2.24, 2.45) is 0 Å². The van der Waals surface area contributed by atoms with Gasteiger partial charge in [-0.15, -0.1) is 0 Å². The van der Waals surface area contributed by atoms with Gasteiger partial charge in [0.1, 0.15) is 11.5 Å². The van der Waals surface area contributed by atoms with E-state index in [1.165, 1.54) is 19.3 Å². The minimum atomic E-state index is -0.380. The van der Waals surface area contributed by atoms with Gasteiger partial charge in [-0.3, -0.25) is 0 Å². The van der Waals surface area contributed by atoms with Gasteiger partial charge in [0.2, 0.25) is 0 Å². The maximum Gasteiger partial charge on any atom is 0.333 e. The van der Waals surface area contributed by atoms with Gasteiger partial charge in [0, 0.05) is 23.3 Å². The van der Waals surface area contributed by atoms with Gasteiger partial charge in [0.05, 0.1) is 40.1 Å². The first-order valence-electron chi connectivity index (χ1n) is 17.3. The van der Waals surface area contributed by atoms with Crippen LogP contribution in [0.1, 0.15) is 83.3 Å². The quantitative estimate of drug-likeness (QED) is 0.0483. The lowest BCUT2D eigenvalue weighted by molar-refractivity contribution is -0.139. The van der Waals surface area contributed by atoms with Crippen molar-refractivity contribution in [3.63, 3.8) is 0 Å². The Morgan fingerprint density at radius 1 is 0.549 bits per heavy atom. The molecule has 51 heavy (non-hydrogen) atoms. The fourth-order valence-corrected chi connectivity index (χ4v) is 4.01. The van der Waals surface area contributed by atoms with Crippen LogP contribution in [0.15, 0.2) is 85.0 Å². The van der Waals surface area contributed by atoms with Gasteiger partial charge in [-0.25, -0.2) is 19.2 Å². The highest BCUT2D eigenvalue weighted by atomic mass is 16.5. The summed E-state index contributed by atoms with van der Waals surface area (Å²) in [6, 6.07) is 15.0. The van der Waals surface area contributed by atoms with Gasteiger partial charge >= 0.3 is 23.9 Å². The van der Waals surface area contributed by atoms with E-state index in [2.05, 4.69) is 17.9 Å². The van der Waals surface area contributed by atoms with Gasteiger partial charge in [-0.05, 0) is 120 Å². The summed E-state index contributed by atoms with van der Waals surface area (Å²) in [7, 11) is 1.35. The molecule has 0 amide bonds. The van der Waals surface area contributed by atoms with E-state index in [0.29, 0.717) is 44.2 Å². The third-order valence-corrected chi connectivity index (χ3v) is 6.85. The minimum Gasteiger partial charge on any atom is -0.494 e. The summed E-state index contributed by atoms with van der Waals surface area (Å²) in [5, 5.41) is 0. The molecule has 10 nitrogen and oxygen atoms in total. The van der Waals surface area contributed by atoms with Gasteiger partial charge < -0.3 is 28.4 Å². The third kappa shape index (κ3) is 23.0. The monoisotopic (exact) mass is 706 g/mol. The molecule has 2 aromatic carbocycles. The van der Waals surface area contributed by atoms with Crippen molar-refractivity contribution in [1.29, 1.82) is 0 Å². The molecule has 0 saturated carbocycles. The lowest BCUT2D eigenvalue weighted by Crippen LogP contribution is -2.06. The molecule has 278 valence electrons. The molecule has 0 spiro atoms. The lowest BCUT2D eigenvalue weighted by Gasteiger charge is -2.07. The normalized spacial score (nSPS) is 10.5. The summed E-state index contributed by atoms with van der Waals surface area (Å²) >= 11 is 0. The number of carbonyl (C=O) groups is 4. The van der Waals surface area contributed by atoms with Crippen LogP contribution in [-0.4, -0.2) is 64.0 Å². The second kappa shape index (κ2) is 27.7. The van der Waals surface area contributed by atoms with E-state index in [4.69, 9.17) is 23.7 Å². The minimum absolute atomic E-state index is 0.325. The first-order valence-corrected chi connectivity index (χ1v) is 17.3. The zero-order valence-electron chi connectivity index (χ0n) is 30.6. The summed E-state index contributed by atoms with van der Waals surface area (Å²) in [6.45, 7) is 14.7. The Morgan fingerprint density at radius 3 is 1.27 bits per heavy atom. The summed E-state index contributed by atoms with van der Waals surface area (Å²) in [4.78, 5) is 44.6. The predicted molar refractivity (Wildman–Crippen MR) is 199 cm³/mol. The van der Waals surface area contributed by atoms with E-state index in [0.717, 1.165) is 74.0 Å². The van der Waals surface area contributed by atoms with Crippen LogP contribution in [0.5, 0.6) is 11.5 Å². The SMILES string of the molecule is C=C(C)C(=O)OCCCCCCOc1ccc(/C=C/C(=O)OC)cc1.C=C(C)C(=O)OCCCCCCOc1ccc(/C=C/C(=O)OCC)cc1. The van der Waals surface area contributed by atoms with E-state index in [9.17, 15) is 19.2 Å². The predicted octanol–water partition coefficient (Wildman–Crippen LogP) is 8.25. The van der Waals surface area contributed by atoms with Crippen molar-refractivity contribution in [3.05, 3.63) is 96.1 Å². The highest BCUT2D eigenvalue weighted by Crippen LogP contribution is 2.15. The molecule has 0 radical (unpaired) electrons. The molecule has 0 aliphatic carbocycles. The lowest BCUT2D eigenvalue weighted by atomic mass is 10.2. The highest BCUT2D eigenvalue weighted by molar-refractivity contribution is 5.88. The van der Waals surface area contributed by atoms with E-state index in [1.807, 2.05) is 48.5 Å². The molecule has 0 fully saturated rings. The van der Waals surface area contributed by atoms with E-state index < -0.39 is 0 Å². The number of ether oxygens (including phenoxy) is 6. The van der Waals surface area contributed by atoms with E-state index in [1.54, 1.807) is 32.9 Å². The van der Waals surface area contributed by atoms with E-state index >= 15 is 0 Å². The number of unbranched alkanes of at least 4 members (excludes halogenated alkanes) is 6. The molecule has 2 rings (SSSR count). The standard InChI is InChI=1S/C21H28O5.C20H26O5/c1-4-24-20(22)14-11-18-9-12-19(13-10-18)25-15-7-5-6-8-16-26-21(23)17(2)3;1-16(2)20(22)25-15-7-5-4-6-14-24-18-11-8-17(9-12-18)10-13-19(21)23-3/h9-14H,2,4-8,15-16H2,1,3H3;8-13H,1,4-7,14-15H2,2-3H3/b14-11+;13-10+. The van der Waals surface area contributed by atoms with Crippen LogP contribution in [-0.2, 0) is 38.1 Å². The number of hydrogen-bond acceptors (Lipinski definition) is 10. The van der Waals surface area contributed by atoms with Crippen molar-refractivity contribution < 1.29 is 47.6 Å². The third-order valence-electron chi connectivity index (χ3n) is 6.85. The van der Waals surface area contributed by atoms with E-state index in [-0.39, 0.29) is 23.9 Å².